The Kier molecular flexibility index (Phi) is 6.62. The van der Waals surface area contributed by atoms with Gasteiger partial charge in [0, 0.05) is 10.0 Å². The molecule has 6 nitrogen and oxygen atoms in total. The number of carbonyl (C=O) groups excluding carboxylic acids is 2. The summed E-state index contributed by atoms with van der Waals surface area (Å²) in [4.78, 5) is 29.2. The van der Waals surface area contributed by atoms with Crippen LogP contribution in [0, 0.1) is 6.92 Å². The van der Waals surface area contributed by atoms with E-state index in [0.717, 1.165) is 10.0 Å². The van der Waals surface area contributed by atoms with Crippen LogP contribution in [-0.2, 0) is 9.53 Å². The quantitative estimate of drug-likeness (QED) is 0.232. The van der Waals surface area contributed by atoms with E-state index >= 15 is 0 Å². The van der Waals surface area contributed by atoms with E-state index in [0.29, 0.717) is 16.7 Å². The van der Waals surface area contributed by atoms with Crippen LogP contribution in [0.4, 0.5) is 0 Å². The minimum absolute atomic E-state index is 0.0841. The van der Waals surface area contributed by atoms with Crippen molar-refractivity contribution in [3.05, 3.63) is 98.1 Å². The van der Waals surface area contributed by atoms with Crippen molar-refractivity contribution in [1.82, 2.24) is 0 Å². The number of aliphatic imine (C=N–C) groups is 1. The molecule has 0 amide bonds. The number of benzene rings is 3. The van der Waals surface area contributed by atoms with E-state index in [9.17, 15) is 9.59 Å². The van der Waals surface area contributed by atoms with Gasteiger partial charge in [0.1, 0.15) is 0 Å². The molecule has 0 N–H and O–H groups in total. The fourth-order valence-corrected chi connectivity index (χ4v) is 3.65. The van der Waals surface area contributed by atoms with Crippen LogP contribution in [0.3, 0.4) is 0 Å². The number of halogens is 2. The van der Waals surface area contributed by atoms with Gasteiger partial charge in [0.05, 0.1) is 17.7 Å². The highest BCUT2D eigenvalue weighted by molar-refractivity contribution is 9.10. The molecule has 8 heteroatoms. The number of esters is 2. The Bertz CT molecular complexity index is 1310. The maximum Gasteiger partial charge on any atom is 0.363 e. The second-order valence-electron chi connectivity index (χ2n) is 7.14. The van der Waals surface area contributed by atoms with Gasteiger partial charge in [-0.15, -0.1) is 0 Å². The first-order valence-corrected chi connectivity index (χ1v) is 11.0. The number of hydrogen-bond donors (Lipinski definition) is 0. The van der Waals surface area contributed by atoms with E-state index in [2.05, 4.69) is 20.9 Å². The highest BCUT2D eigenvalue weighted by atomic mass is 79.9. The summed E-state index contributed by atoms with van der Waals surface area (Å²) in [5, 5.41) is 0.144. The van der Waals surface area contributed by atoms with Crippen molar-refractivity contribution in [2.45, 2.75) is 6.92 Å². The number of cyclic esters (lactones) is 1. The first kappa shape index (κ1) is 22.8. The van der Waals surface area contributed by atoms with Crippen LogP contribution in [0.2, 0.25) is 5.02 Å². The fourth-order valence-electron chi connectivity index (χ4n) is 3.13. The molecule has 1 heterocycles. The number of rotatable bonds is 5. The lowest BCUT2D eigenvalue weighted by Gasteiger charge is -2.12. The Morgan fingerprint density at radius 3 is 2.58 bits per heavy atom. The molecule has 4 rings (SSSR count). The molecule has 0 unspecified atom stereocenters. The number of ether oxygens (including phenoxy) is 3. The summed E-state index contributed by atoms with van der Waals surface area (Å²) in [5.74, 6) is -0.619. The lowest BCUT2D eigenvalue weighted by molar-refractivity contribution is -0.129. The standard InChI is InChI=1S/C25H17BrClNO5/c1-14-4-3-5-17(10-14)24(29)32-22-19(27)11-15(13-21(22)31-2)12-20-25(30)33-23(28-20)16-6-8-18(26)9-7-16/h3-13H,1-2H3/b20-12-. The second-order valence-corrected chi connectivity index (χ2v) is 8.46. The monoisotopic (exact) mass is 525 g/mol. The molecule has 1 aliphatic rings. The van der Waals surface area contributed by atoms with Crippen LogP contribution in [-0.4, -0.2) is 24.9 Å². The maximum absolute atomic E-state index is 12.6. The molecule has 0 atom stereocenters. The molecular weight excluding hydrogens is 510 g/mol. The van der Waals surface area contributed by atoms with Crippen molar-refractivity contribution in [2.24, 2.45) is 4.99 Å². The topological polar surface area (TPSA) is 74.2 Å². The van der Waals surface area contributed by atoms with Crippen molar-refractivity contribution < 1.29 is 23.8 Å². The average Bonchev–Trinajstić information content (AvgIpc) is 3.15. The van der Waals surface area contributed by atoms with E-state index in [-0.39, 0.29) is 28.1 Å². The number of aryl methyl sites for hydroxylation is 1. The van der Waals surface area contributed by atoms with Crippen molar-refractivity contribution in [3.8, 4) is 11.5 Å². The summed E-state index contributed by atoms with van der Waals surface area (Å²) >= 11 is 9.76. The number of hydrogen-bond acceptors (Lipinski definition) is 6. The lowest BCUT2D eigenvalue weighted by atomic mass is 10.1. The molecule has 0 saturated heterocycles. The molecule has 1 aliphatic heterocycles. The number of carbonyl (C=O) groups is 2. The van der Waals surface area contributed by atoms with Gasteiger partial charge in [-0.05, 0) is 67.1 Å². The highest BCUT2D eigenvalue weighted by Crippen LogP contribution is 2.38. The largest absolute Gasteiger partial charge is 0.493 e. The van der Waals surface area contributed by atoms with Gasteiger partial charge < -0.3 is 14.2 Å². The third kappa shape index (κ3) is 5.16. The molecule has 166 valence electrons. The van der Waals surface area contributed by atoms with Crippen molar-refractivity contribution in [1.29, 1.82) is 0 Å². The fraction of sp³-hybridized carbons (Fsp3) is 0.0800. The van der Waals surface area contributed by atoms with Crippen molar-refractivity contribution in [2.75, 3.05) is 7.11 Å². The van der Waals surface area contributed by atoms with Crippen LogP contribution in [0.25, 0.3) is 6.08 Å². The SMILES string of the molecule is COc1cc(/C=C2\N=C(c3ccc(Br)cc3)OC2=O)cc(Cl)c1OC(=O)c1cccc(C)c1. The van der Waals surface area contributed by atoms with Crippen LogP contribution in [0.1, 0.15) is 27.0 Å². The third-order valence-corrected chi connectivity index (χ3v) is 5.52. The van der Waals surface area contributed by atoms with Gasteiger partial charge >= 0.3 is 11.9 Å². The lowest BCUT2D eigenvalue weighted by Crippen LogP contribution is -2.10. The van der Waals surface area contributed by atoms with E-state index in [1.54, 1.807) is 42.5 Å². The van der Waals surface area contributed by atoms with E-state index < -0.39 is 11.9 Å². The van der Waals surface area contributed by atoms with Crippen LogP contribution < -0.4 is 9.47 Å². The predicted octanol–water partition coefficient (Wildman–Crippen LogP) is 5.98. The highest BCUT2D eigenvalue weighted by Gasteiger charge is 2.25. The van der Waals surface area contributed by atoms with E-state index in [1.165, 1.54) is 13.2 Å². The summed E-state index contributed by atoms with van der Waals surface area (Å²) in [6.07, 6.45) is 1.52. The van der Waals surface area contributed by atoms with Gasteiger partial charge in [-0.3, -0.25) is 0 Å². The molecule has 0 spiro atoms. The molecule has 0 fully saturated rings. The van der Waals surface area contributed by atoms with Crippen LogP contribution in [0.15, 0.2) is 75.8 Å². The maximum atomic E-state index is 12.6. The van der Waals surface area contributed by atoms with Gasteiger partial charge in [0.15, 0.2) is 17.2 Å². The van der Waals surface area contributed by atoms with Crippen LogP contribution >= 0.6 is 27.5 Å². The molecule has 0 bridgehead atoms. The summed E-state index contributed by atoms with van der Waals surface area (Å²) in [6.45, 7) is 1.88. The zero-order valence-corrected chi connectivity index (χ0v) is 19.9. The summed E-state index contributed by atoms with van der Waals surface area (Å²) in [6, 6.07) is 17.4. The summed E-state index contributed by atoms with van der Waals surface area (Å²) < 4.78 is 17.1. The van der Waals surface area contributed by atoms with Gasteiger partial charge in [0.25, 0.3) is 0 Å². The molecule has 33 heavy (non-hydrogen) atoms. The Balaban J connectivity index is 1.62. The molecule has 0 aliphatic carbocycles. The third-order valence-electron chi connectivity index (χ3n) is 4.72. The van der Waals surface area contributed by atoms with Crippen molar-refractivity contribution >= 4 is 51.4 Å². The zero-order chi connectivity index (χ0) is 23.5. The summed E-state index contributed by atoms with van der Waals surface area (Å²) in [7, 11) is 1.43. The first-order chi connectivity index (χ1) is 15.8. The minimum Gasteiger partial charge on any atom is -0.493 e. The Labute approximate surface area is 203 Å². The number of methoxy groups -OCH3 is 1. The molecule has 3 aromatic rings. The zero-order valence-electron chi connectivity index (χ0n) is 17.6. The first-order valence-electron chi connectivity index (χ1n) is 9.79. The van der Waals surface area contributed by atoms with E-state index in [1.807, 2.05) is 25.1 Å². The van der Waals surface area contributed by atoms with Crippen LogP contribution in [0.5, 0.6) is 11.5 Å². The average molecular weight is 527 g/mol. The van der Waals surface area contributed by atoms with E-state index in [4.69, 9.17) is 25.8 Å². The van der Waals surface area contributed by atoms with Gasteiger partial charge in [-0.1, -0.05) is 45.2 Å². The molecule has 0 aromatic heterocycles. The Morgan fingerprint density at radius 2 is 1.88 bits per heavy atom. The smallest absolute Gasteiger partial charge is 0.363 e. The molecule has 0 radical (unpaired) electrons. The molecule has 0 saturated carbocycles. The molecular formula is C25H17BrClNO5. The summed E-state index contributed by atoms with van der Waals surface area (Å²) in [5.41, 5.74) is 2.62. The van der Waals surface area contributed by atoms with Gasteiger partial charge in [-0.2, -0.15) is 0 Å². The molecule has 3 aromatic carbocycles. The minimum atomic E-state index is -0.585. The Hall–Kier alpha value is -3.42. The van der Waals surface area contributed by atoms with Crippen molar-refractivity contribution in [3.63, 3.8) is 0 Å². The second kappa shape index (κ2) is 9.60. The number of nitrogens with zero attached hydrogens (tertiary/aromatic N) is 1. The van der Waals surface area contributed by atoms with Gasteiger partial charge in [0.2, 0.25) is 5.90 Å². The Morgan fingerprint density at radius 1 is 1.12 bits per heavy atom. The normalized spacial score (nSPS) is 14.1. The van der Waals surface area contributed by atoms with Gasteiger partial charge in [-0.25, -0.2) is 14.6 Å². The predicted molar refractivity (Wildman–Crippen MR) is 129 cm³/mol.